The minimum absolute atomic E-state index is 0.0933. The predicted octanol–water partition coefficient (Wildman–Crippen LogP) is 4.43. The van der Waals surface area contributed by atoms with Gasteiger partial charge in [0.05, 0.1) is 6.04 Å². The van der Waals surface area contributed by atoms with Crippen LogP contribution in [0.4, 0.5) is 30.7 Å². The molecule has 0 heterocycles. The molecule has 3 nitrogen and oxygen atoms in total. The summed E-state index contributed by atoms with van der Waals surface area (Å²) in [4.78, 5) is 24.3. The third-order valence-corrected chi connectivity index (χ3v) is 4.00. The van der Waals surface area contributed by atoms with E-state index >= 15 is 0 Å². The van der Waals surface area contributed by atoms with Crippen molar-refractivity contribution < 1.29 is 40.3 Å². The molecule has 0 radical (unpaired) electrons. The van der Waals surface area contributed by atoms with Gasteiger partial charge in [-0.1, -0.05) is 48.5 Å². The van der Waals surface area contributed by atoms with Crippen LogP contribution in [0, 0.1) is 0 Å². The van der Waals surface area contributed by atoms with Crippen LogP contribution in [0.3, 0.4) is 0 Å². The maximum atomic E-state index is 13.9. The Kier molecular flexibility index (Phi) is 6.34. The number of nitrogens with one attached hydrogen (secondary N) is 1. The second-order valence-electron chi connectivity index (χ2n) is 6.09. The van der Waals surface area contributed by atoms with E-state index in [1.165, 1.54) is 60.7 Å². The standard InChI is InChI=1S/C19H14F7NO2/c20-17(21,18(22,23)19(24,25)26)15(28)14(11-12-7-3-1-4-8-12)27-16(29)13-9-5-2-6-10-13/h1-10,14H,11H2,(H,27,29)/t14-/m0/s1. The second kappa shape index (κ2) is 8.22. The van der Waals surface area contributed by atoms with Crippen molar-refractivity contribution in [2.45, 2.75) is 30.5 Å². The lowest BCUT2D eigenvalue weighted by atomic mass is 9.94. The Morgan fingerprint density at radius 3 is 1.76 bits per heavy atom. The van der Waals surface area contributed by atoms with Gasteiger partial charge in [-0.25, -0.2) is 0 Å². The number of Topliss-reactive ketones (excluding diaryl/α,β-unsaturated/α-hetero) is 1. The van der Waals surface area contributed by atoms with Gasteiger partial charge in [0.2, 0.25) is 5.78 Å². The quantitative estimate of drug-likeness (QED) is 0.673. The van der Waals surface area contributed by atoms with Gasteiger partial charge in [0.15, 0.2) is 0 Å². The normalized spacial score (nSPS) is 13.6. The Labute approximate surface area is 160 Å². The molecule has 0 unspecified atom stereocenters. The van der Waals surface area contributed by atoms with E-state index in [2.05, 4.69) is 0 Å². The molecule has 0 spiro atoms. The fourth-order valence-corrected chi connectivity index (χ4v) is 2.44. The van der Waals surface area contributed by atoms with Crippen molar-refractivity contribution >= 4 is 11.7 Å². The molecule has 1 N–H and O–H groups in total. The first-order valence-electron chi connectivity index (χ1n) is 8.14. The SMILES string of the molecule is O=C(N[C@@H](Cc1ccccc1)C(=O)C(F)(F)C(F)(F)C(F)(F)F)c1ccccc1. The van der Waals surface area contributed by atoms with Gasteiger partial charge >= 0.3 is 18.0 Å². The van der Waals surface area contributed by atoms with Gasteiger partial charge in [0, 0.05) is 12.0 Å². The van der Waals surface area contributed by atoms with Gasteiger partial charge in [-0.05, 0) is 17.7 Å². The Balaban J connectivity index is 2.38. The molecular weight excluding hydrogens is 407 g/mol. The van der Waals surface area contributed by atoms with Crippen molar-refractivity contribution in [2.75, 3.05) is 0 Å². The Bertz CT molecular complexity index is 852. The topological polar surface area (TPSA) is 46.2 Å². The van der Waals surface area contributed by atoms with Crippen molar-refractivity contribution in [3.8, 4) is 0 Å². The largest absolute Gasteiger partial charge is 0.460 e. The van der Waals surface area contributed by atoms with E-state index in [4.69, 9.17) is 0 Å². The predicted molar refractivity (Wildman–Crippen MR) is 88.8 cm³/mol. The molecule has 0 saturated heterocycles. The molecule has 2 aromatic rings. The summed E-state index contributed by atoms with van der Waals surface area (Å²) in [6.45, 7) is 0. The highest BCUT2D eigenvalue weighted by Gasteiger charge is 2.76. The van der Waals surface area contributed by atoms with E-state index < -0.39 is 42.2 Å². The highest BCUT2D eigenvalue weighted by molar-refractivity contribution is 6.00. The van der Waals surface area contributed by atoms with Gasteiger partial charge in [-0.2, -0.15) is 30.7 Å². The van der Waals surface area contributed by atoms with Crippen molar-refractivity contribution in [2.24, 2.45) is 0 Å². The monoisotopic (exact) mass is 421 g/mol. The number of benzene rings is 2. The third kappa shape index (κ3) is 4.75. The molecule has 2 aromatic carbocycles. The van der Waals surface area contributed by atoms with E-state index in [1.54, 1.807) is 0 Å². The third-order valence-electron chi connectivity index (χ3n) is 4.00. The van der Waals surface area contributed by atoms with Crippen LogP contribution in [0.5, 0.6) is 0 Å². The van der Waals surface area contributed by atoms with Crippen LogP contribution in [0.2, 0.25) is 0 Å². The fraction of sp³-hybridized carbons (Fsp3) is 0.263. The molecule has 1 atom stereocenters. The number of hydrogen-bond acceptors (Lipinski definition) is 2. The number of amides is 1. The lowest BCUT2D eigenvalue weighted by Gasteiger charge is -2.30. The number of halogens is 7. The molecule has 156 valence electrons. The van der Waals surface area contributed by atoms with Crippen LogP contribution in [-0.2, 0) is 11.2 Å². The minimum Gasteiger partial charge on any atom is -0.342 e. The molecule has 10 heteroatoms. The van der Waals surface area contributed by atoms with Gasteiger partial charge in [-0.15, -0.1) is 0 Å². The zero-order valence-corrected chi connectivity index (χ0v) is 14.5. The molecule has 0 bridgehead atoms. The first-order valence-corrected chi connectivity index (χ1v) is 8.14. The van der Waals surface area contributed by atoms with Crippen molar-refractivity contribution in [1.29, 1.82) is 0 Å². The van der Waals surface area contributed by atoms with Crippen molar-refractivity contribution in [3.05, 3.63) is 71.8 Å². The summed E-state index contributed by atoms with van der Waals surface area (Å²) < 4.78 is 91.8. The molecule has 29 heavy (non-hydrogen) atoms. The van der Waals surface area contributed by atoms with Crippen molar-refractivity contribution in [3.63, 3.8) is 0 Å². The molecule has 0 aliphatic carbocycles. The molecule has 1 amide bonds. The van der Waals surface area contributed by atoms with Crippen LogP contribution < -0.4 is 5.32 Å². The molecule has 0 fully saturated rings. The smallest absolute Gasteiger partial charge is 0.342 e. The highest BCUT2D eigenvalue weighted by atomic mass is 19.4. The van der Waals surface area contributed by atoms with Crippen LogP contribution in [-0.4, -0.2) is 35.8 Å². The number of ketones is 1. The van der Waals surface area contributed by atoms with Crippen LogP contribution in [0.1, 0.15) is 15.9 Å². The van der Waals surface area contributed by atoms with E-state index in [0.29, 0.717) is 0 Å². The maximum Gasteiger partial charge on any atom is 0.460 e. The van der Waals surface area contributed by atoms with Gasteiger partial charge < -0.3 is 5.32 Å². The summed E-state index contributed by atoms with van der Waals surface area (Å²) in [6.07, 6.45) is -7.37. The van der Waals surface area contributed by atoms with Gasteiger partial charge in [0.25, 0.3) is 5.91 Å². The summed E-state index contributed by atoms with van der Waals surface area (Å²) >= 11 is 0. The lowest BCUT2D eigenvalue weighted by molar-refractivity contribution is -0.343. The Hall–Kier alpha value is -2.91. The number of carbonyl (C=O) groups excluding carboxylic acids is 2. The summed E-state index contributed by atoms with van der Waals surface area (Å²) in [5, 5.41) is 1.84. The lowest BCUT2D eigenvalue weighted by Crippen LogP contribution is -2.61. The Morgan fingerprint density at radius 2 is 1.28 bits per heavy atom. The molecule has 2 rings (SSSR count). The van der Waals surface area contributed by atoms with Crippen LogP contribution >= 0.6 is 0 Å². The highest BCUT2D eigenvalue weighted by Crippen LogP contribution is 2.47. The first kappa shape index (κ1) is 22.4. The van der Waals surface area contributed by atoms with Crippen molar-refractivity contribution in [1.82, 2.24) is 5.32 Å². The molecule has 0 saturated carbocycles. The summed E-state index contributed by atoms with van der Waals surface area (Å²) in [6, 6.07) is 11.6. The second-order valence-corrected chi connectivity index (χ2v) is 6.09. The zero-order valence-electron chi connectivity index (χ0n) is 14.5. The Morgan fingerprint density at radius 1 is 0.793 bits per heavy atom. The summed E-state index contributed by atoms with van der Waals surface area (Å²) in [5.74, 6) is -16.5. The van der Waals surface area contributed by atoms with E-state index in [0.717, 1.165) is 0 Å². The van der Waals surface area contributed by atoms with Gasteiger partial charge in [0.1, 0.15) is 0 Å². The van der Waals surface area contributed by atoms with E-state index in [1.807, 2.05) is 5.32 Å². The van der Waals surface area contributed by atoms with E-state index in [-0.39, 0.29) is 11.1 Å². The number of alkyl halides is 7. The average molecular weight is 421 g/mol. The van der Waals surface area contributed by atoms with E-state index in [9.17, 15) is 40.3 Å². The maximum absolute atomic E-state index is 13.9. The molecule has 0 aliphatic heterocycles. The first-order chi connectivity index (χ1) is 13.4. The van der Waals surface area contributed by atoms with Crippen LogP contribution in [0.15, 0.2) is 60.7 Å². The average Bonchev–Trinajstić information content (AvgIpc) is 2.67. The minimum atomic E-state index is -6.66. The number of hydrogen-bond donors (Lipinski definition) is 1. The number of carbonyl (C=O) groups is 2. The van der Waals surface area contributed by atoms with Crippen LogP contribution in [0.25, 0.3) is 0 Å². The molecule has 0 aliphatic rings. The fourth-order valence-electron chi connectivity index (χ4n) is 2.44. The molecular formula is C19H14F7NO2. The van der Waals surface area contributed by atoms with Gasteiger partial charge in [-0.3, -0.25) is 9.59 Å². The number of rotatable bonds is 7. The summed E-state index contributed by atoms with van der Waals surface area (Å²) in [5.41, 5.74) is 0.0783. The molecule has 0 aromatic heterocycles. The summed E-state index contributed by atoms with van der Waals surface area (Å²) in [7, 11) is 0. The zero-order chi connectivity index (χ0) is 21.9.